The monoisotopic (exact) mass is 394 g/mol. The Balaban J connectivity index is 2.06. The van der Waals surface area contributed by atoms with Gasteiger partial charge >= 0.3 is 0 Å². The van der Waals surface area contributed by atoms with Crippen LogP contribution in [0.1, 0.15) is 17.8 Å². The summed E-state index contributed by atoms with van der Waals surface area (Å²) in [4.78, 5) is 7.99. The summed E-state index contributed by atoms with van der Waals surface area (Å²) in [6.07, 6.45) is 2.82. The molecule has 2 rings (SSSR count). The number of hydrogen-bond acceptors (Lipinski definition) is 7. The fourth-order valence-corrected chi connectivity index (χ4v) is 2.23. The summed E-state index contributed by atoms with van der Waals surface area (Å²) in [5.41, 5.74) is 2.90. The van der Waals surface area contributed by atoms with Crippen LogP contribution in [-0.4, -0.2) is 40.9 Å². The highest BCUT2D eigenvalue weighted by Crippen LogP contribution is 2.22. The highest BCUT2D eigenvalue weighted by atomic mass is 35.5. The van der Waals surface area contributed by atoms with Gasteiger partial charge in [-0.15, -0.1) is 0 Å². The topological polar surface area (TPSA) is 144 Å². The largest absolute Gasteiger partial charge is 0.356 e. The number of guanidine groups is 1. The Bertz CT molecular complexity index is 877. The van der Waals surface area contributed by atoms with Gasteiger partial charge in [0.25, 0.3) is 0 Å². The highest BCUT2D eigenvalue weighted by molar-refractivity contribution is 6.31. The molecule has 0 atom stereocenters. The first-order valence-electron chi connectivity index (χ1n) is 7.70. The summed E-state index contributed by atoms with van der Waals surface area (Å²) < 4.78 is 18.0. The zero-order valence-electron chi connectivity index (χ0n) is 14.2. The maximum absolute atomic E-state index is 13.2. The van der Waals surface area contributed by atoms with Crippen molar-refractivity contribution in [3.05, 3.63) is 40.4 Å². The SMILES string of the molecule is CN=C(NC#N)NCCCc1nonc1C(=Nc1ccc(F)c(Cl)c1)NO. The van der Waals surface area contributed by atoms with Crippen LogP contribution in [0.5, 0.6) is 0 Å². The van der Waals surface area contributed by atoms with Gasteiger partial charge < -0.3 is 5.32 Å². The van der Waals surface area contributed by atoms with Crippen molar-refractivity contribution >= 4 is 29.1 Å². The van der Waals surface area contributed by atoms with Gasteiger partial charge in [-0.05, 0) is 36.2 Å². The third-order valence-corrected chi connectivity index (χ3v) is 3.60. The van der Waals surface area contributed by atoms with Crippen LogP contribution in [0.15, 0.2) is 32.8 Å². The van der Waals surface area contributed by atoms with Crippen molar-refractivity contribution in [2.75, 3.05) is 13.6 Å². The maximum atomic E-state index is 13.2. The Labute approximate surface area is 158 Å². The second-order valence-corrected chi connectivity index (χ2v) is 5.48. The van der Waals surface area contributed by atoms with Crippen LogP contribution in [0.2, 0.25) is 5.02 Å². The lowest BCUT2D eigenvalue weighted by molar-refractivity contribution is 0.234. The van der Waals surface area contributed by atoms with E-state index in [4.69, 9.17) is 21.5 Å². The average molecular weight is 395 g/mol. The molecule has 0 spiro atoms. The molecule has 27 heavy (non-hydrogen) atoms. The van der Waals surface area contributed by atoms with Gasteiger partial charge in [-0.25, -0.2) is 14.0 Å². The van der Waals surface area contributed by atoms with E-state index >= 15 is 0 Å². The fraction of sp³-hybridized carbons (Fsp3) is 0.267. The first-order valence-corrected chi connectivity index (χ1v) is 8.08. The Morgan fingerprint density at radius 3 is 2.93 bits per heavy atom. The van der Waals surface area contributed by atoms with Gasteiger partial charge in [0, 0.05) is 13.6 Å². The molecule has 0 aliphatic rings. The van der Waals surface area contributed by atoms with E-state index in [1.807, 2.05) is 5.48 Å². The second-order valence-electron chi connectivity index (χ2n) is 5.07. The molecule has 2 aromatic rings. The molecule has 12 heteroatoms. The molecule has 142 valence electrons. The number of hydroxylamine groups is 1. The molecule has 0 saturated carbocycles. The average Bonchev–Trinajstić information content (AvgIpc) is 3.13. The molecule has 0 amide bonds. The van der Waals surface area contributed by atoms with E-state index in [1.54, 1.807) is 13.2 Å². The molecule has 0 saturated heterocycles. The van der Waals surface area contributed by atoms with Crippen molar-refractivity contribution in [3.63, 3.8) is 0 Å². The number of aryl methyl sites for hydroxylation is 1. The molecule has 0 aliphatic heterocycles. The lowest BCUT2D eigenvalue weighted by Crippen LogP contribution is -2.35. The standard InChI is InChI=1S/C15H16ClFN8O2/c1-19-15(21-8-18)20-6-2-3-12-13(25-27-24-12)14(23-26)22-9-4-5-11(17)10(16)7-9/h4-5,7,26H,2-3,6H2,1H3,(H,22,23)(H2,19,20,21). The Morgan fingerprint density at radius 1 is 1.44 bits per heavy atom. The van der Waals surface area contributed by atoms with E-state index in [2.05, 4.69) is 30.9 Å². The van der Waals surface area contributed by atoms with Crippen molar-refractivity contribution in [3.8, 4) is 6.19 Å². The number of benzene rings is 1. The van der Waals surface area contributed by atoms with Crippen molar-refractivity contribution in [1.82, 2.24) is 26.4 Å². The minimum absolute atomic E-state index is 0.0242. The normalized spacial score (nSPS) is 11.8. The maximum Gasteiger partial charge on any atom is 0.204 e. The van der Waals surface area contributed by atoms with Gasteiger partial charge in [-0.3, -0.25) is 21.0 Å². The molecule has 0 fully saturated rings. The quantitative estimate of drug-likeness (QED) is 0.144. The van der Waals surface area contributed by atoms with Gasteiger partial charge in [-0.2, -0.15) is 5.26 Å². The van der Waals surface area contributed by atoms with Crippen molar-refractivity contribution in [2.45, 2.75) is 12.8 Å². The number of rotatable bonds is 6. The lowest BCUT2D eigenvalue weighted by Gasteiger charge is -2.06. The van der Waals surface area contributed by atoms with Crippen LogP contribution in [0.4, 0.5) is 10.1 Å². The summed E-state index contributed by atoms with van der Waals surface area (Å²) in [7, 11) is 1.55. The van der Waals surface area contributed by atoms with E-state index < -0.39 is 5.82 Å². The van der Waals surface area contributed by atoms with Crippen LogP contribution in [-0.2, 0) is 6.42 Å². The second kappa shape index (κ2) is 10.0. The summed E-state index contributed by atoms with van der Waals surface area (Å²) in [5.74, 6) is -0.251. The van der Waals surface area contributed by atoms with E-state index in [1.165, 1.54) is 12.1 Å². The van der Waals surface area contributed by atoms with Crippen molar-refractivity contribution in [1.29, 1.82) is 5.26 Å². The molecule has 10 nitrogen and oxygen atoms in total. The zero-order chi connectivity index (χ0) is 19.6. The van der Waals surface area contributed by atoms with Gasteiger partial charge in [-0.1, -0.05) is 16.8 Å². The van der Waals surface area contributed by atoms with Crippen LogP contribution in [0.3, 0.4) is 0 Å². The number of nitrogens with zero attached hydrogens (tertiary/aromatic N) is 5. The van der Waals surface area contributed by atoms with E-state index in [0.29, 0.717) is 36.7 Å². The van der Waals surface area contributed by atoms with Crippen molar-refractivity contribution < 1.29 is 14.2 Å². The lowest BCUT2D eigenvalue weighted by atomic mass is 10.2. The smallest absolute Gasteiger partial charge is 0.204 e. The molecule has 0 aliphatic carbocycles. The minimum atomic E-state index is -0.578. The number of hydrogen-bond donors (Lipinski definition) is 4. The molecular formula is C15H16ClFN8O2. The Morgan fingerprint density at radius 2 is 2.26 bits per heavy atom. The highest BCUT2D eigenvalue weighted by Gasteiger charge is 2.16. The Hall–Kier alpha value is -3.23. The van der Waals surface area contributed by atoms with Crippen LogP contribution >= 0.6 is 11.6 Å². The molecule has 0 unspecified atom stereocenters. The number of halogens is 2. The summed E-state index contributed by atoms with van der Waals surface area (Å²) in [6.45, 7) is 0.500. The number of nitriles is 1. The molecule has 4 N–H and O–H groups in total. The number of aliphatic imine (C=N–C) groups is 2. The number of aromatic nitrogens is 2. The first kappa shape index (κ1) is 20.1. The predicted molar refractivity (Wildman–Crippen MR) is 95.3 cm³/mol. The van der Waals surface area contributed by atoms with Crippen LogP contribution in [0, 0.1) is 17.3 Å². The Kier molecular flexibility index (Phi) is 7.48. The number of nitrogens with one attached hydrogen (secondary N) is 3. The third kappa shape index (κ3) is 5.63. The van der Waals surface area contributed by atoms with E-state index in [-0.39, 0.29) is 16.6 Å². The third-order valence-electron chi connectivity index (χ3n) is 3.31. The van der Waals surface area contributed by atoms with E-state index in [9.17, 15) is 9.60 Å². The van der Waals surface area contributed by atoms with Crippen molar-refractivity contribution in [2.24, 2.45) is 9.98 Å². The van der Waals surface area contributed by atoms with Gasteiger partial charge in [0.2, 0.25) is 5.96 Å². The fourth-order valence-electron chi connectivity index (χ4n) is 2.06. The molecule has 0 radical (unpaired) electrons. The summed E-state index contributed by atoms with van der Waals surface area (Å²) >= 11 is 5.73. The van der Waals surface area contributed by atoms with E-state index in [0.717, 1.165) is 6.07 Å². The number of amidine groups is 1. The van der Waals surface area contributed by atoms with Gasteiger partial charge in [0.15, 0.2) is 17.7 Å². The van der Waals surface area contributed by atoms with Gasteiger partial charge in [0.1, 0.15) is 11.5 Å². The molecule has 1 heterocycles. The van der Waals surface area contributed by atoms with Gasteiger partial charge in [0.05, 0.1) is 10.7 Å². The molecular weight excluding hydrogens is 379 g/mol. The summed E-state index contributed by atoms with van der Waals surface area (Å²) in [6, 6.07) is 3.86. The minimum Gasteiger partial charge on any atom is -0.356 e. The van der Waals surface area contributed by atoms with Crippen LogP contribution in [0.25, 0.3) is 0 Å². The van der Waals surface area contributed by atoms with Crippen LogP contribution < -0.4 is 16.1 Å². The predicted octanol–water partition coefficient (Wildman–Crippen LogP) is 1.50. The molecule has 1 aromatic carbocycles. The first-order chi connectivity index (χ1) is 13.1. The molecule has 1 aromatic heterocycles. The summed E-state index contributed by atoms with van der Waals surface area (Å²) in [5, 5.41) is 30.7. The zero-order valence-corrected chi connectivity index (χ0v) is 15.0. The molecule has 0 bridgehead atoms.